The molecule has 1 amide bonds. The summed E-state index contributed by atoms with van der Waals surface area (Å²) in [6.45, 7) is 5.29. The molecule has 0 rings (SSSR count). The summed E-state index contributed by atoms with van der Waals surface area (Å²) >= 11 is 0. The maximum atomic E-state index is 11.2. The second kappa shape index (κ2) is 7.29. The third kappa shape index (κ3) is 8.31. The van der Waals surface area contributed by atoms with Crippen LogP contribution in [-0.2, 0) is 9.53 Å². The van der Waals surface area contributed by atoms with Crippen LogP contribution in [0.2, 0.25) is 0 Å². The van der Waals surface area contributed by atoms with Gasteiger partial charge >= 0.3 is 12.1 Å². The van der Waals surface area contributed by atoms with Gasteiger partial charge in [0.15, 0.2) is 0 Å². The SMILES string of the molecule is CC(C)(C)OC(=O)N[C@@H](CCN)C(=O)O.Cl. The smallest absolute Gasteiger partial charge is 0.408 e. The molecule has 0 heterocycles. The van der Waals surface area contributed by atoms with Gasteiger partial charge < -0.3 is 20.9 Å². The van der Waals surface area contributed by atoms with Gasteiger partial charge in [-0.2, -0.15) is 0 Å². The van der Waals surface area contributed by atoms with Crippen molar-refractivity contribution >= 4 is 24.5 Å². The van der Waals surface area contributed by atoms with Gasteiger partial charge in [0, 0.05) is 0 Å². The summed E-state index contributed by atoms with van der Waals surface area (Å²) in [4.78, 5) is 21.9. The Bertz CT molecular complexity index is 240. The van der Waals surface area contributed by atoms with E-state index in [2.05, 4.69) is 5.32 Å². The molecule has 4 N–H and O–H groups in total. The standard InChI is InChI=1S/C9H18N2O4.ClH/c1-9(2,3)15-8(14)11-6(4-5-10)7(12)13;/h6H,4-5,10H2,1-3H3,(H,11,14)(H,12,13);1H/t6-;/m0./s1. The molecule has 6 nitrogen and oxygen atoms in total. The average molecular weight is 255 g/mol. The van der Waals surface area contributed by atoms with Crippen molar-refractivity contribution in [3.8, 4) is 0 Å². The van der Waals surface area contributed by atoms with Gasteiger partial charge in [-0.05, 0) is 33.7 Å². The van der Waals surface area contributed by atoms with Gasteiger partial charge in [-0.1, -0.05) is 0 Å². The van der Waals surface area contributed by atoms with Gasteiger partial charge in [-0.3, -0.25) is 0 Å². The number of halogens is 1. The molecule has 0 aromatic rings. The molecule has 0 aliphatic carbocycles. The third-order valence-corrected chi connectivity index (χ3v) is 1.44. The van der Waals surface area contributed by atoms with Crippen molar-refractivity contribution in [2.24, 2.45) is 5.73 Å². The van der Waals surface area contributed by atoms with E-state index in [1.54, 1.807) is 20.8 Å². The van der Waals surface area contributed by atoms with Gasteiger partial charge in [0.05, 0.1) is 0 Å². The first kappa shape index (κ1) is 17.4. The summed E-state index contributed by atoms with van der Waals surface area (Å²) in [5.41, 5.74) is 4.57. The molecule has 0 saturated heterocycles. The monoisotopic (exact) mass is 254 g/mol. The fraction of sp³-hybridized carbons (Fsp3) is 0.778. The second-order valence-electron chi connectivity index (χ2n) is 4.11. The number of hydrogen-bond donors (Lipinski definition) is 3. The molecule has 0 saturated carbocycles. The minimum absolute atomic E-state index is 0. The van der Waals surface area contributed by atoms with Crippen LogP contribution in [0.5, 0.6) is 0 Å². The molecule has 1 atom stereocenters. The Morgan fingerprint density at radius 3 is 2.25 bits per heavy atom. The second-order valence-corrected chi connectivity index (χ2v) is 4.11. The van der Waals surface area contributed by atoms with Gasteiger partial charge in [0.25, 0.3) is 0 Å². The molecule has 0 spiro atoms. The van der Waals surface area contributed by atoms with Crippen molar-refractivity contribution in [3.63, 3.8) is 0 Å². The Hall–Kier alpha value is -1.01. The minimum atomic E-state index is -1.12. The highest BCUT2D eigenvalue weighted by atomic mass is 35.5. The Morgan fingerprint density at radius 1 is 1.44 bits per heavy atom. The molecule has 0 bridgehead atoms. The number of aliphatic carboxylic acids is 1. The Kier molecular flexibility index (Phi) is 7.93. The molecule has 16 heavy (non-hydrogen) atoms. The molecule has 96 valence electrons. The lowest BCUT2D eigenvalue weighted by Gasteiger charge is -2.21. The predicted molar refractivity (Wildman–Crippen MR) is 61.7 cm³/mol. The number of ether oxygens (including phenoxy) is 1. The maximum absolute atomic E-state index is 11.2. The van der Waals surface area contributed by atoms with Crippen molar-refractivity contribution < 1.29 is 19.4 Å². The molecule has 7 heteroatoms. The number of hydrogen-bond acceptors (Lipinski definition) is 4. The molecule has 0 fully saturated rings. The van der Waals surface area contributed by atoms with Crippen molar-refractivity contribution in [1.82, 2.24) is 5.32 Å². The Balaban J connectivity index is 0. The van der Waals surface area contributed by atoms with Crippen LogP contribution in [0.25, 0.3) is 0 Å². The zero-order valence-corrected chi connectivity index (χ0v) is 10.5. The Morgan fingerprint density at radius 2 is 1.94 bits per heavy atom. The highest BCUT2D eigenvalue weighted by molar-refractivity contribution is 5.85. The fourth-order valence-electron chi connectivity index (χ4n) is 0.874. The van der Waals surface area contributed by atoms with Crippen LogP contribution in [-0.4, -0.2) is 35.4 Å². The molecule has 0 aliphatic heterocycles. The lowest BCUT2D eigenvalue weighted by Crippen LogP contribution is -2.44. The topological polar surface area (TPSA) is 102 Å². The van der Waals surface area contributed by atoms with E-state index >= 15 is 0 Å². The number of nitrogens with two attached hydrogens (primary N) is 1. The number of alkyl carbamates (subject to hydrolysis) is 1. The van der Waals surface area contributed by atoms with E-state index in [0.29, 0.717) is 0 Å². The van der Waals surface area contributed by atoms with Crippen molar-refractivity contribution in [1.29, 1.82) is 0 Å². The summed E-state index contributed by atoms with van der Waals surface area (Å²) in [6.07, 6.45) is -0.572. The van der Waals surface area contributed by atoms with E-state index < -0.39 is 23.7 Å². The molecule has 0 aliphatic rings. The first-order chi connectivity index (χ1) is 6.76. The van der Waals surface area contributed by atoms with Gasteiger partial charge in [-0.15, -0.1) is 12.4 Å². The summed E-state index contributed by atoms with van der Waals surface area (Å²) in [5, 5.41) is 11.0. The maximum Gasteiger partial charge on any atom is 0.408 e. The molecule has 0 radical (unpaired) electrons. The number of carbonyl (C=O) groups is 2. The van der Waals surface area contributed by atoms with E-state index in [4.69, 9.17) is 15.6 Å². The van der Waals surface area contributed by atoms with Gasteiger partial charge in [-0.25, -0.2) is 9.59 Å². The lowest BCUT2D eigenvalue weighted by molar-refractivity contribution is -0.139. The van der Waals surface area contributed by atoms with Crippen LogP contribution >= 0.6 is 12.4 Å². The van der Waals surface area contributed by atoms with E-state index in [0.717, 1.165) is 0 Å². The zero-order valence-electron chi connectivity index (χ0n) is 9.65. The molecular weight excluding hydrogens is 236 g/mol. The van der Waals surface area contributed by atoms with Crippen LogP contribution < -0.4 is 11.1 Å². The average Bonchev–Trinajstić information content (AvgIpc) is 1.99. The van der Waals surface area contributed by atoms with E-state index in [1.807, 2.05) is 0 Å². The van der Waals surface area contributed by atoms with Crippen LogP contribution in [0.15, 0.2) is 0 Å². The molecule has 0 aromatic heterocycles. The largest absolute Gasteiger partial charge is 0.480 e. The van der Waals surface area contributed by atoms with Crippen LogP contribution in [0.4, 0.5) is 4.79 Å². The van der Waals surface area contributed by atoms with Crippen molar-refractivity contribution in [2.45, 2.75) is 38.8 Å². The van der Waals surface area contributed by atoms with Crippen molar-refractivity contribution in [3.05, 3.63) is 0 Å². The summed E-state index contributed by atoms with van der Waals surface area (Å²) in [7, 11) is 0. The number of carboxylic acids is 1. The van der Waals surface area contributed by atoms with E-state index in [1.165, 1.54) is 0 Å². The fourth-order valence-corrected chi connectivity index (χ4v) is 0.874. The van der Waals surface area contributed by atoms with Crippen LogP contribution in [0, 0.1) is 0 Å². The summed E-state index contributed by atoms with van der Waals surface area (Å²) in [5.74, 6) is -1.12. The van der Waals surface area contributed by atoms with Crippen LogP contribution in [0.3, 0.4) is 0 Å². The summed E-state index contributed by atoms with van der Waals surface area (Å²) < 4.78 is 4.91. The quantitative estimate of drug-likeness (QED) is 0.687. The number of carbonyl (C=O) groups excluding carboxylic acids is 1. The molecular formula is C9H19ClN2O4. The normalized spacial score (nSPS) is 12.2. The highest BCUT2D eigenvalue weighted by Crippen LogP contribution is 2.07. The molecule has 0 unspecified atom stereocenters. The van der Waals surface area contributed by atoms with Gasteiger partial charge in [0.1, 0.15) is 11.6 Å². The van der Waals surface area contributed by atoms with Crippen molar-refractivity contribution in [2.75, 3.05) is 6.54 Å². The van der Waals surface area contributed by atoms with Gasteiger partial charge in [0.2, 0.25) is 0 Å². The number of carboxylic acid groups (broad SMARTS) is 1. The summed E-state index contributed by atoms with van der Waals surface area (Å²) in [6, 6.07) is -0.996. The Labute approximate surface area is 101 Å². The number of nitrogens with one attached hydrogen (secondary N) is 1. The first-order valence-electron chi connectivity index (χ1n) is 4.68. The van der Waals surface area contributed by atoms with E-state index in [-0.39, 0.29) is 25.4 Å². The highest BCUT2D eigenvalue weighted by Gasteiger charge is 2.22. The third-order valence-electron chi connectivity index (χ3n) is 1.44. The zero-order chi connectivity index (χ0) is 12.1. The minimum Gasteiger partial charge on any atom is -0.480 e. The molecule has 0 aromatic carbocycles. The first-order valence-corrected chi connectivity index (χ1v) is 4.68. The number of amides is 1. The van der Waals surface area contributed by atoms with Crippen LogP contribution in [0.1, 0.15) is 27.2 Å². The lowest BCUT2D eigenvalue weighted by atomic mass is 10.2. The van der Waals surface area contributed by atoms with E-state index in [9.17, 15) is 9.59 Å². The predicted octanol–water partition coefficient (Wildman–Crippen LogP) is 0.735. The number of rotatable bonds is 4.